The molecule has 126 valence electrons. The third kappa shape index (κ3) is 12.3. The van der Waals surface area contributed by atoms with Gasteiger partial charge in [-0.1, -0.05) is 26.3 Å². The van der Waals surface area contributed by atoms with Crippen molar-refractivity contribution in [3.05, 3.63) is 29.6 Å². The van der Waals surface area contributed by atoms with Crippen LogP contribution in [0.1, 0.15) is 31.5 Å². The molecule has 1 amide bonds. The summed E-state index contributed by atoms with van der Waals surface area (Å²) in [5.74, 6) is 0. The number of hydrogen-bond acceptors (Lipinski definition) is 5. The van der Waals surface area contributed by atoms with E-state index in [-0.39, 0.29) is 0 Å². The lowest BCUT2D eigenvalue weighted by molar-refractivity contribution is -0.109. The van der Waals surface area contributed by atoms with Gasteiger partial charge in [0.25, 0.3) is 0 Å². The Balaban J connectivity index is 0.00000135. The van der Waals surface area contributed by atoms with E-state index in [1.165, 1.54) is 6.42 Å². The van der Waals surface area contributed by atoms with Crippen LogP contribution in [0.5, 0.6) is 0 Å². The molecule has 0 fully saturated rings. The van der Waals surface area contributed by atoms with Crippen LogP contribution in [0.15, 0.2) is 18.3 Å². The Hall–Kier alpha value is -1.50. The van der Waals surface area contributed by atoms with E-state index in [4.69, 9.17) is 9.47 Å². The largest absolute Gasteiger partial charge is 0.375 e. The van der Waals surface area contributed by atoms with E-state index in [0.717, 1.165) is 17.8 Å². The third-order valence-corrected chi connectivity index (χ3v) is 2.38. The summed E-state index contributed by atoms with van der Waals surface area (Å²) in [6, 6.07) is 3.90. The van der Waals surface area contributed by atoms with Crippen molar-refractivity contribution in [2.75, 3.05) is 33.4 Å². The lowest BCUT2D eigenvalue weighted by Gasteiger charge is -2.06. The van der Waals surface area contributed by atoms with Crippen LogP contribution >= 0.6 is 0 Å². The standard InChI is InChI=1S/C13H21N3O3.C3H8/c1-14-4-6-18-9-12-2-3-13(16-8-12)10-19-7-5-15-11-17;1-3-2/h2-3,8,11,14H,4-7,9-10H2,1H3,(H,15,17);3H2,1-2H3. The van der Waals surface area contributed by atoms with Crippen molar-refractivity contribution in [2.45, 2.75) is 33.5 Å². The van der Waals surface area contributed by atoms with E-state index in [1.807, 2.05) is 19.2 Å². The maximum Gasteiger partial charge on any atom is 0.207 e. The Bertz CT molecular complexity index is 358. The first-order valence-electron chi connectivity index (χ1n) is 7.69. The summed E-state index contributed by atoms with van der Waals surface area (Å²) in [5.41, 5.74) is 1.91. The minimum atomic E-state index is 0.446. The van der Waals surface area contributed by atoms with Gasteiger partial charge < -0.3 is 20.1 Å². The quantitative estimate of drug-likeness (QED) is 0.478. The Morgan fingerprint density at radius 1 is 1.14 bits per heavy atom. The summed E-state index contributed by atoms with van der Waals surface area (Å²) in [6.07, 6.45) is 3.70. The predicted octanol–water partition coefficient (Wildman–Crippen LogP) is 1.50. The van der Waals surface area contributed by atoms with Gasteiger partial charge in [-0.15, -0.1) is 0 Å². The topological polar surface area (TPSA) is 72.5 Å². The second-order valence-corrected chi connectivity index (χ2v) is 4.65. The number of aromatic nitrogens is 1. The number of nitrogens with zero attached hydrogens (tertiary/aromatic N) is 1. The van der Waals surface area contributed by atoms with Crippen LogP contribution in [0.25, 0.3) is 0 Å². The first kappa shape index (κ1) is 20.5. The number of nitrogens with one attached hydrogen (secondary N) is 2. The molecule has 0 saturated carbocycles. The molecule has 0 spiro atoms. The van der Waals surface area contributed by atoms with Gasteiger partial charge in [0.15, 0.2) is 0 Å². The summed E-state index contributed by atoms with van der Waals surface area (Å²) >= 11 is 0. The average molecular weight is 311 g/mol. The predicted molar refractivity (Wildman–Crippen MR) is 87.5 cm³/mol. The first-order valence-corrected chi connectivity index (χ1v) is 7.69. The lowest BCUT2D eigenvalue weighted by atomic mass is 10.2. The van der Waals surface area contributed by atoms with Gasteiger partial charge >= 0.3 is 0 Å². The third-order valence-electron chi connectivity index (χ3n) is 2.38. The number of carbonyl (C=O) groups is 1. The fourth-order valence-corrected chi connectivity index (χ4v) is 1.36. The molecule has 0 atom stereocenters. The molecule has 0 bridgehead atoms. The van der Waals surface area contributed by atoms with Gasteiger partial charge in [-0.05, 0) is 18.7 Å². The SMILES string of the molecule is CCC.CNCCOCc1ccc(COCCNC=O)nc1. The van der Waals surface area contributed by atoms with E-state index in [9.17, 15) is 4.79 Å². The molecule has 1 rings (SSSR count). The van der Waals surface area contributed by atoms with E-state index in [2.05, 4.69) is 29.5 Å². The minimum absolute atomic E-state index is 0.446. The van der Waals surface area contributed by atoms with Gasteiger partial charge in [0, 0.05) is 19.3 Å². The van der Waals surface area contributed by atoms with Crippen LogP contribution in [-0.4, -0.2) is 44.7 Å². The zero-order valence-corrected chi connectivity index (χ0v) is 13.9. The second kappa shape index (κ2) is 15.9. The molecular weight excluding hydrogens is 282 g/mol. The normalized spacial score (nSPS) is 9.77. The zero-order valence-electron chi connectivity index (χ0n) is 13.9. The second-order valence-electron chi connectivity index (χ2n) is 4.65. The zero-order chi connectivity index (χ0) is 16.5. The molecule has 6 nitrogen and oxygen atoms in total. The van der Waals surface area contributed by atoms with Gasteiger partial charge in [0.2, 0.25) is 6.41 Å². The smallest absolute Gasteiger partial charge is 0.207 e. The van der Waals surface area contributed by atoms with E-state index >= 15 is 0 Å². The molecule has 0 aliphatic carbocycles. The fourth-order valence-electron chi connectivity index (χ4n) is 1.36. The number of hydrogen-bond donors (Lipinski definition) is 2. The Morgan fingerprint density at radius 3 is 2.41 bits per heavy atom. The molecule has 1 aromatic heterocycles. The summed E-state index contributed by atoms with van der Waals surface area (Å²) in [5, 5.41) is 5.55. The van der Waals surface area contributed by atoms with Crippen LogP contribution in [-0.2, 0) is 27.5 Å². The number of rotatable bonds is 11. The number of amides is 1. The van der Waals surface area contributed by atoms with Crippen LogP contribution in [0.3, 0.4) is 0 Å². The molecule has 0 aromatic carbocycles. The molecule has 0 saturated heterocycles. The van der Waals surface area contributed by atoms with Gasteiger partial charge in [-0.3, -0.25) is 9.78 Å². The highest BCUT2D eigenvalue weighted by molar-refractivity contribution is 5.45. The number of ether oxygens (including phenoxy) is 2. The summed E-state index contributed by atoms with van der Waals surface area (Å²) < 4.78 is 10.8. The lowest BCUT2D eigenvalue weighted by Crippen LogP contribution is -2.17. The Labute approximate surface area is 133 Å². The molecule has 0 radical (unpaired) electrons. The summed E-state index contributed by atoms with van der Waals surface area (Å²) in [7, 11) is 1.89. The first-order chi connectivity index (χ1) is 10.8. The van der Waals surface area contributed by atoms with Crippen molar-refractivity contribution >= 4 is 6.41 Å². The van der Waals surface area contributed by atoms with Gasteiger partial charge in [-0.2, -0.15) is 0 Å². The maximum absolute atomic E-state index is 10.0. The summed E-state index contributed by atoms with van der Waals surface area (Å²) in [4.78, 5) is 14.3. The fraction of sp³-hybridized carbons (Fsp3) is 0.625. The van der Waals surface area contributed by atoms with Gasteiger partial charge in [0.1, 0.15) is 0 Å². The molecule has 22 heavy (non-hydrogen) atoms. The Kier molecular flexibility index (Phi) is 14.8. The molecular formula is C16H29N3O3. The molecule has 1 aromatic rings. The highest BCUT2D eigenvalue weighted by Gasteiger charge is 1.97. The van der Waals surface area contributed by atoms with Crippen molar-refractivity contribution in [1.29, 1.82) is 0 Å². The van der Waals surface area contributed by atoms with Crippen LogP contribution in [0.2, 0.25) is 0 Å². The van der Waals surface area contributed by atoms with Crippen molar-refractivity contribution in [2.24, 2.45) is 0 Å². The molecule has 1 heterocycles. The van der Waals surface area contributed by atoms with Crippen molar-refractivity contribution < 1.29 is 14.3 Å². The monoisotopic (exact) mass is 311 g/mol. The highest BCUT2D eigenvalue weighted by atomic mass is 16.5. The molecule has 0 unspecified atom stereocenters. The van der Waals surface area contributed by atoms with Gasteiger partial charge in [0.05, 0.1) is 32.1 Å². The number of likely N-dealkylation sites (N-methyl/N-ethyl adjacent to an activating group) is 1. The van der Waals surface area contributed by atoms with E-state index in [1.54, 1.807) is 6.20 Å². The highest BCUT2D eigenvalue weighted by Crippen LogP contribution is 2.03. The van der Waals surface area contributed by atoms with Crippen molar-refractivity contribution in [3.8, 4) is 0 Å². The number of pyridine rings is 1. The number of carbonyl (C=O) groups excluding carboxylic acids is 1. The van der Waals surface area contributed by atoms with Crippen LogP contribution in [0.4, 0.5) is 0 Å². The maximum atomic E-state index is 10.0. The average Bonchev–Trinajstić information content (AvgIpc) is 2.53. The van der Waals surface area contributed by atoms with Crippen LogP contribution in [0, 0.1) is 0 Å². The summed E-state index contributed by atoms with van der Waals surface area (Å²) in [6.45, 7) is 7.79. The minimum Gasteiger partial charge on any atom is -0.375 e. The van der Waals surface area contributed by atoms with Crippen LogP contribution < -0.4 is 10.6 Å². The van der Waals surface area contributed by atoms with Gasteiger partial charge in [-0.25, -0.2) is 0 Å². The molecule has 0 aliphatic rings. The van der Waals surface area contributed by atoms with E-state index < -0.39 is 0 Å². The molecule has 2 N–H and O–H groups in total. The molecule has 0 aliphatic heterocycles. The Morgan fingerprint density at radius 2 is 1.82 bits per heavy atom. The van der Waals surface area contributed by atoms with Crippen molar-refractivity contribution in [3.63, 3.8) is 0 Å². The van der Waals surface area contributed by atoms with Crippen molar-refractivity contribution in [1.82, 2.24) is 15.6 Å². The molecule has 6 heteroatoms. The van der Waals surface area contributed by atoms with E-state index in [0.29, 0.717) is 39.4 Å².